The first-order valence-electron chi connectivity index (χ1n) is 9.59. The molecule has 2 aromatic carbocycles. The van der Waals surface area contributed by atoms with Crippen molar-refractivity contribution in [3.8, 4) is 0 Å². The van der Waals surface area contributed by atoms with E-state index in [9.17, 15) is 9.18 Å². The van der Waals surface area contributed by atoms with Crippen molar-refractivity contribution in [2.45, 2.75) is 31.7 Å². The third-order valence-electron chi connectivity index (χ3n) is 5.71. The molecule has 6 heteroatoms. The molecule has 1 amide bonds. The number of nitrogens with one attached hydrogen (secondary N) is 2. The molecule has 0 spiro atoms. The van der Waals surface area contributed by atoms with Gasteiger partial charge in [0.2, 0.25) is 5.91 Å². The molecule has 146 valence electrons. The van der Waals surface area contributed by atoms with E-state index in [0.29, 0.717) is 11.6 Å². The fourth-order valence-corrected chi connectivity index (χ4v) is 4.24. The summed E-state index contributed by atoms with van der Waals surface area (Å²) in [4.78, 5) is 18.2. The Kier molecular flexibility index (Phi) is 5.38. The van der Waals surface area contributed by atoms with Gasteiger partial charge in [-0.15, -0.1) is 0 Å². The lowest BCUT2D eigenvalue weighted by Gasteiger charge is -2.35. The molecule has 1 saturated heterocycles. The van der Waals surface area contributed by atoms with E-state index in [1.165, 1.54) is 34.7 Å². The zero-order chi connectivity index (χ0) is 19.7. The van der Waals surface area contributed by atoms with Crippen LogP contribution in [0.1, 0.15) is 31.2 Å². The quantitative estimate of drug-likeness (QED) is 0.636. The van der Waals surface area contributed by atoms with Crippen molar-refractivity contribution in [1.29, 1.82) is 0 Å². The van der Waals surface area contributed by atoms with Crippen LogP contribution in [-0.2, 0) is 4.79 Å². The summed E-state index contributed by atoms with van der Waals surface area (Å²) in [6, 6.07) is 12.1. The number of rotatable bonds is 4. The number of aromatic amines is 1. The van der Waals surface area contributed by atoms with Crippen molar-refractivity contribution < 1.29 is 9.18 Å². The van der Waals surface area contributed by atoms with Gasteiger partial charge in [-0.1, -0.05) is 29.8 Å². The highest BCUT2D eigenvalue weighted by atomic mass is 35.5. The Morgan fingerprint density at radius 2 is 2.00 bits per heavy atom. The topological polar surface area (TPSA) is 48.1 Å². The van der Waals surface area contributed by atoms with Gasteiger partial charge in [0.1, 0.15) is 5.82 Å². The van der Waals surface area contributed by atoms with Crippen LogP contribution >= 0.6 is 11.6 Å². The summed E-state index contributed by atoms with van der Waals surface area (Å²) in [5.74, 6) is -0.0522. The number of hydrogen-bond donors (Lipinski definition) is 2. The van der Waals surface area contributed by atoms with Gasteiger partial charge in [0.25, 0.3) is 0 Å². The van der Waals surface area contributed by atoms with Crippen molar-refractivity contribution in [2.24, 2.45) is 0 Å². The summed E-state index contributed by atoms with van der Waals surface area (Å²) in [6.07, 6.45) is 4.14. The van der Waals surface area contributed by atoms with Gasteiger partial charge in [-0.25, -0.2) is 4.39 Å². The number of fused-ring (bicyclic) bond motifs is 1. The van der Waals surface area contributed by atoms with Gasteiger partial charge in [0.15, 0.2) is 0 Å². The molecule has 2 N–H and O–H groups in total. The number of para-hydroxylation sites is 1. The van der Waals surface area contributed by atoms with E-state index in [4.69, 9.17) is 11.6 Å². The molecule has 4 nitrogen and oxygen atoms in total. The SMILES string of the molecule is C[C@@H](C(=O)Nc1ccc(F)cc1Cl)N1CCC(c2c[nH]c3ccccc23)CC1. The van der Waals surface area contributed by atoms with Gasteiger partial charge in [-0.3, -0.25) is 9.69 Å². The Hall–Kier alpha value is -2.37. The number of aromatic nitrogens is 1. The summed E-state index contributed by atoms with van der Waals surface area (Å²) in [6.45, 7) is 3.62. The van der Waals surface area contributed by atoms with Crippen molar-refractivity contribution in [3.63, 3.8) is 0 Å². The molecular weight excluding hydrogens is 377 g/mol. The normalized spacial score (nSPS) is 17.0. The Balaban J connectivity index is 1.38. The molecule has 0 aliphatic carbocycles. The summed E-state index contributed by atoms with van der Waals surface area (Å²) in [7, 11) is 0. The smallest absolute Gasteiger partial charge is 0.241 e. The van der Waals surface area contributed by atoms with Gasteiger partial charge < -0.3 is 10.3 Å². The largest absolute Gasteiger partial charge is 0.361 e. The van der Waals surface area contributed by atoms with Crippen LogP contribution in [0.25, 0.3) is 10.9 Å². The molecule has 0 bridgehead atoms. The van der Waals surface area contributed by atoms with E-state index >= 15 is 0 Å². The van der Waals surface area contributed by atoms with Gasteiger partial charge in [-0.2, -0.15) is 0 Å². The number of hydrogen-bond acceptors (Lipinski definition) is 2. The van der Waals surface area contributed by atoms with E-state index < -0.39 is 5.82 Å². The maximum atomic E-state index is 13.2. The number of anilines is 1. The maximum absolute atomic E-state index is 13.2. The minimum Gasteiger partial charge on any atom is -0.361 e. The molecule has 28 heavy (non-hydrogen) atoms. The zero-order valence-corrected chi connectivity index (χ0v) is 16.5. The lowest BCUT2D eigenvalue weighted by molar-refractivity contribution is -0.121. The van der Waals surface area contributed by atoms with Crippen molar-refractivity contribution in [3.05, 3.63) is 65.1 Å². The van der Waals surface area contributed by atoms with E-state index in [1.54, 1.807) is 0 Å². The highest BCUT2D eigenvalue weighted by Gasteiger charge is 2.28. The van der Waals surface area contributed by atoms with Crippen LogP contribution in [0.5, 0.6) is 0 Å². The predicted octanol–water partition coefficient (Wildman–Crippen LogP) is 5.17. The Bertz CT molecular complexity index is 994. The number of carbonyl (C=O) groups is 1. The lowest BCUT2D eigenvalue weighted by atomic mass is 9.88. The molecule has 3 aromatic rings. The number of amides is 1. The molecule has 1 aliphatic rings. The van der Waals surface area contributed by atoms with Crippen LogP contribution < -0.4 is 5.32 Å². The average molecular weight is 400 g/mol. The molecule has 4 rings (SSSR count). The molecule has 2 heterocycles. The van der Waals surface area contributed by atoms with E-state index in [-0.39, 0.29) is 17.0 Å². The minimum atomic E-state index is -0.421. The number of piperidine rings is 1. The van der Waals surface area contributed by atoms with Crippen molar-refractivity contribution in [2.75, 3.05) is 18.4 Å². The molecule has 0 radical (unpaired) electrons. The van der Waals surface area contributed by atoms with Gasteiger partial charge >= 0.3 is 0 Å². The Morgan fingerprint density at radius 1 is 1.25 bits per heavy atom. The molecule has 1 fully saturated rings. The van der Waals surface area contributed by atoms with Crippen LogP contribution in [0.2, 0.25) is 5.02 Å². The number of carbonyl (C=O) groups excluding carboxylic acids is 1. The van der Waals surface area contributed by atoms with Gasteiger partial charge in [-0.05, 0) is 68.6 Å². The second-order valence-electron chi connectivity index (χ2n) is 7.39. The number of H-pyrrole nitrogens is 1. The minimum absolute atomic E-state index is 0.126. The van der Waals surface area contributed by atoms with Crippen LogP contribution in [0, 0.1) is 5.82 Å². The fourth-order valence-electron chi connectivity index (χ4n) is 4.02. The average Bonchev–Trinajstić information content (AvgIpc) is 3.14. The van der Waals surface area contributed by atoms with E-state index in [1.807, 2.05) is 13.0 Å². The second kappa shape index (κ2) is 7.94. The number of halogens is 2. The summed E-state index contributed by atoms with van der Waals surface area (Å²) < 4.78 is 13.2. The lowest BCUT2D eigenvalue weighted by Crippen LogP contribution is -2.45. The predicted molar refractivity (Wildman–Crippen MR) is 111 cm³/mol. The van der Waals surface area contributed by atoms with Crippen LogP contribution in [0.15, 0.2) is 48.7 Å². The molecule has 0 unspecified atom stereocenters. The molecule has 0 saturated carbocycles. The Morgan fingerprint density at radius 3 is 2.75 bits per heavy atom. The first-order valence-corrected chi connectivity index (χ1v) is 9.96. The number of nitrogens with zero attached hydrogens (tertiary/aromatic N) is 1. The maximum Gasteiger partial charge on any atom is 0.241 e. The molecule has 1 aliphatic heterocycles. The van der Waals surface area contributed by atoms with Gasteiger partial charge in [0, 0.05) is 17.1 Å². The van der Waals surface area contributed by atoms with E-state index in [2.05, 4.69) is 39.6 Å². The summed E-state index contributed by atoms with van der Waals surface area (Å²) in [5.41, 5.74) is 2.97. The fraction of sp³-hybridized carbons (Fsp3) is 0.318. The first kappa shape index (κ1) is 19.0. The summed E-state index contributed by atoms with van der Waals surface area (Å²) >= 11 is 6.02. The zero-order valence-electron chi connectivity index (χ0n) is 15.7. The number of likely N-dealkylation sites (tertiary alicyclic amines) is 1. The summed E-state index contributed by atoms with van der Waals surface area (Å²) in [5, 5.41) is 4.31. The van der Waals surface area contributed by atoms with Crippen LogP contribution in [0.3, 0.4) is 0 Å². The van der Waals surface area contributed by atoms with Crippen molar-refractivity contribution >= 4 is 34.1 Å². The Labute approximate surface area is 168 Å². The van der Waals surface area contributed by atoms with E-state index in [0.717, 1.165) is 25.9 Å². The molecule has 1 atom stereocenters. The van der Waals surface area contributed by atoms with Crippen molar-refractivity contribution in [1.82, 2.24) is 9.88 Å². The van der Waals surface area contributed by atoms with Gasteiger partial charge in [0.05, 0.1) is 16.8 Å². The van der Waals surface area contributed by atoms with Crippen LogP contribution in [-0.4, -0.2) is 34.9 Å². The van der Waals surface area contributed by atoms with Crippen LogP contribution in [0.4, 0.5) is 10.1 Å². The standard InChI is InChI=1S/C22H23ClFN3O/c1-14(22(28)26-21-7-6-16(24)12-19(21)23)27-10-8-15(9-11-27)18-13-25-20-5-3-2-4-17(18)20/h2-7,12-15,25H,8-11H2,1H3,(H,26,28)/t14-/m0/s1. The first-order chi connectivity index (χ1) is 13.5. The highest BCUT2D eigenvalue weighted by Crippen LogP contribution is 2.33. The monoisotopic (exact) mass is 399 g/mol. The molecule has 1 aromatic heterocycles. The third kappa shape index (κ3) is 3.77. The second-order valence-corrected chi connectivity index (χ2v) is 7.80. The highest BCUT2D eigenvalue weighted by molar-refractivity contribution is 6.33. The third-order valence-corrected chi connectivity index (χ3v) is 6.02. The number of benzene rings is 2. The molecular formula is C22H23ClFN3O.